The van der Waals surface area contributed by atoms with Crippen molar-refractivity contribution in [2.75, 3.05) is 13.2 Å². The Morgan fingerprint density at radius 3 is 2.50 bits per heavy atom. The van der Waals surface area contributed by atoms with E-state index in [0.717, 1.165) is 26.7 Å². The number of benzene rings is 3. The quantitative estimate of drug-likeness (QED) is 0.199. The van der Waals surface area contributed by atoms with Gasteiger partial charge in [-0.2, -0.15) is 0 Å². The molecule has 0 bridgehead atoms. The zero-order valence-electron chi connectivity index (χ0n) is 19.2. The van der Waals surface area contributed by atoms with Gasteiger partial charge in [0, 0.05) is 20.6 Å². The number of rotatable bonds is 9. The summed E-state index contributed by atoms with van der Waals surface area (Å²) in [7, 11) is 0. The molecule has 1 saturated heterocycles. The van der Waals surface area contributed by atoms with E-state index < -0.39 is 11.1 Å². The summed E-state index contributed by atoms with van der Waals surface area (Å²) in [5.41, 5.74) is 1.93. The largest absolute Gasteiger partial charge is 0.490 e. The number of ether oxygens (including phenoxy) is 2. The Kier molecular flexibility index (Phi) is 8.51. The number of thioether (sulfide) groups is 1. The summed E-state index contributed by atoms with van der Waals surface area (Å²) >= 11 is 10.3. The van der Waals surface area contributed by atoms with Crippen LogP contribution in [0.2, 0.25) is 5.02 Å². The summed E-state index contributed by atoms with van der Waals surface area (Å²) < 4.78 is 12.5. The molecule has 0 aliphatic carbocycles. The van der Waals surface area contributed by atoms with E-state index in [0.29, 0.717) is 34.3 Å². The third kappa shape index (κ3) is 6.19. The Balaban J connectivity index is 1.49. The summed E-state index contributed by atoms with van der Waals surface area (Å²) in [5, 5.41) is 0.128. The molecular formula is C27H21BrClNO5S. The summed E-state index contributed by atoms with van der Waals surface area (Å²) in [4.78, 5) is 39.2. The van der Waals surface area contributed by atoms with Crippen molar-refractivity contribution in [2.24, 2.45) is 0 Å². The van der Waals surface area contributed by atoms with Crippen LogP contribution in [0, 0.1) is 0 Å². The van der Waals surface area contributed by atoms with Crippen LogP contribution in [0.3, 0.4) is 0 Å². The van der Waals surface area contributed by atoms with E-state index in [1.165, 1.54) is 0 Å². The highest BCUT2D eigenvalue weighted by Crippen LogP contribution is 2.35. The number of hydrogen-bond donors (Lipinski definition) is 0. The predicted octanol–water partition coefficient (Wildman–Crippen LogP) is 7.00. The number of Topliss-reactive ketones (excluding diaryl/α,β-unsaturated/α-hetero) is 1. The SMILES string of the molecule is CCOc1cc(/C=C2/SC(=O)N(CC(=O)c3ccc(Br)cc3)C2=O)ccc1OCc1ccccc1Cl. The van der Waals surface area contributed by atoms with Crippen LogP contribution in [0.5, 0.6) is 11.5 Å². The van der Waals surface area contributed by atoms with Gasteiger partial charge in [-0.15, -0.1) is 0 Å². The lowest BCUT2D eigenvalue weighted by atomic mass is 10.1. The minimum Gasteiger partial charge on any atom is -0.490 e. The highest BCUT2D eigenvalue weighted by molar-refractivity contribution is 9.10. The van der Waals surface area contributed by atoms with Crippen molar-refractivity contribution >= 4 is 62.3 Å². The Morgan fingerprint density at radius 2 is 1.78 bits per heavy atom. The fourth-order valence-electron chi connectivity index (χ4n) is 3.43. The van der Waals surface area contributed by atoms with Gasteiger partial charge in [0.25, 0.3) is 11.1 Å². The van der Waals surface area contributed by atoms with Crippen molar-refractivity contribution in [1.82, 2.24) is 4.90 Å². The maximum absolute atomic E-state index is 12.9. The molecule has 0 unspecified atom stereocenters. The molecule has 3 aromatic carbocycles. The number of ketones is 1. The van der Waals surface area contributed by atoms with Crippen molar-refractivity contribution in [2.45, 2.75) is 13.5 Å². The number of hydrogen-bond acceptors (Lipinski definition) is 6. The maximum Gasteiger partial charge on any atom is 0.293 e. The molecule has 6 nitrogen and oxygen atoms in total. The lowest BCUT2D eigenvalue weighted by Gasteiger charge is -2.13. The van der Waals surface area contributed by atoms with E-state index in [2.05, 4.69) is 15.9 Å². The minimum atomic E-state index is -0.507. The lowest BCUT2D eigenvalue weighted by Crippen LogP contribution is -2.33. The van der Waals surface area contributed by atoms with Crippen LogP contribution in [-0.4, -0.2) is 35.0 Å². The van der Waals surface area contributed by atoms with Gasteiger partial charge in [-0.3, -0.25) is 19.3 Å². The highest BCUT2D eigenvalue weighted by atomic mass is 79.9. The van der Waals surface area contributed by atoms with Gasteiger partial charge in [0.2, 0.25) is 0 Å². The van der Waals surface area contributed by atoms with Crippen LogP contribution in [0.25, 0.3) is 6.08 Å². The van der Waals surface area contributed by atoms with Crippen LogP contribution in [0.1, 0.15) is 28.4 Å². The molecule has 0 atom stereocenters. The van der Waals surface area contributed by atoms with Gasteiger partial charge in [-0.1, -0.05) is 63.9 Å². The van der Waals surface area contributed by atoms with Crippen molar-refractivity contribution < 1.29 is 23.9 Å². The first-order valence-electron chi connectivity index (χ1n) is 11.0. The zero-order chi connectivity index (χ0) is 25.7. The second kappa shape index (κ2) is 11.8. The molecule has 184 valence electrons. The topological polar surface area (TPSA) is 72.9 Å². The molecule has 1 aliphatic rings. The Bertz CT molecular complexity index is 1340. The molecule has 0 aromatic heterocycles. The van der Waals surface area contributed by atoms with Crippen LogP contribution in [0.15, 0.2) is 76.1 Å². The molecule has 0 saturated carbocycles. The number of nitrogens with zero attached hydrogens (tertiary/aromatic N) is 1. The molecule has 0 radical (unpaired) electrons. The summed E-state index contributed by atoms with van der Waals surface area (Å²) in [5.74, 6) is 0.210. The van der Waals surface area contributed by atoms with Crippen LogP contribution < -0.4 is 9.47 Å². The fourth-order valence-corrected chi connectivity index (χ4v) is 4.72. The van der Waals surface area contributed by atoms with E-state index >= 15 is 0 Å². The Morgan fingerprint density at radius 1 is 1.03 bits per heavy atom. The van der Waals surface area contributed by atoms with Crippen LogP contribution in [-0.2, 0) is 11.4 Å². The molecule has 9 heteroatoms. The van der Waals surface area contributed by atoms with Crippen molar-refractivity contribution in [3.8, 4) is 11.5 Å². The van der Waals surface area contributed by atoms with Gasteiger partial charge in [0.15, 0.2) is 17.3 Å². The monoisotopic (exact) mass is 585 g/mol. The van der Waals surface area contributed by atoms with Gasteiger partial charge in [0.1, 0.15) is 6.61 Å². The number of carbonyl (C=O) groups is 3. The van der Waals surface area contributed by atoms with Gasteiger partial charge < -0.3 is 9.47 Å². The molecular weight excluding hydrogens is 566 g/mol. The molecule has 1 fully saturated rings. The smallest absolute Gasteiger partial charge is 0.293 e. The van der Waals surface area contributed by atoms with Crippen molar-refractivity contribution in [3.63, 3.8) is 0 Å². The lowest BCUT2D eigenvalue weighted by molar-refractivity contribution is -0.122. The molecule has 36 heavy (non-hydrogen) atoms. The molecule has 2 amide bonds. The number of imide groups is 1. The molecule has 0 spiro atoms. The summed E-state index contributed by atoms with van der Waals surface area (Å²) in [6, 6.07) is 19.4. The number of carbonyl (C=O) groups excluding carboxylic acids is 3. The molecule has 0 N–H and O–H groups in total. The van der Waals surface area contributed by atoms with E-state index in [9.17, 15) is 14.4 Å². The number of halogens is 2. The summed E-state index contributed by atoms with van der Waals surface area (Å²) in [6.07, 6.45) is 1.61. The van der Waals surface area contributed by atoms with Crippen molar-refractivity contribution in [1.29, 1.82) is 0 Å². The van der Waals surface area contributed by atoms with Crippen LogP contribution in [0.4, 0.5) is 4.79 Å². The van der Waals surface area contributed by atoms with Crippen molar-refractivity contribution in [3.05, 3.63) is 97.8 Å². The highest BCUT2D eigenvalue weighted by Gasteiger charge is 2.36. The molecule has 3 aromatic rings. The first-order valence-corrected chi connectivity index (χ1v) is 13.0. The average molecular weight is 587 g/mol. The fraction of sp³-hybridized carbons (Fsp3) is 0.148. The van der Waals surface area contributed by atoms with E-state index in [1.807, 2.05) is 25.1 Å². The predicted molar refractivity (Wildman–Crippen MR) is 145 cm³/mol. The molecule has 1 aliphatic heterocycles. The second-order valence-corrected chi connectivity index (χ2v) is 10.0. The van der Waals surface area contributed by atoms with E-state index in [1.54, 1.807) is 54.6 Å². The zero-order valence-corrected chi connectivity index (χ0v) is 22.4. The Hall–Kier alpha value is -3.07. The standard InChI is InChI=1S/C27H21BrClNO5S/c1-2-34-24-13-17(7-12-23(24)35-16-19-5-3-4-6-21(19)29)14-25-26(32)30(27(33)36-25)15-22(31)18-8-10-20(28)11-9-18/h3-14H,2,15-16H2,1H3/b25-14+. The number of amides is 2. The van der Waals surface area contributed by atoms with E-state index in [-0.39, 0.29) is 23.8 Å². The van der Waals surface area contributed by atoms with Crippen LogP contribution >= 0.6 is 39.3 Å². The molecule has 4 rings (SSSR count). The second-order valence-electron chi connectivity index (χ2n) is 7.72. The normalized spacial score (nSPS) is 14.4. The average Bonchev–Trinajstić information content (AvgIpc) is 3.12. The minimum absolute atomic E-state index is 0.232. The summed E-state index contributed by atoms with van der Waals surface area (Å²) in [6.45, 7) is 2.23. The third-order valence-corrected chi connectivity index (χ3v) is 7.05. The van der Waals surface area contributed by atoms with Gasteiger partial charge in [-0.25, -0.2) is 0 Å². The Labute approximate surface area is 226 Å². The third-order valence-electron chi connectivity index (χ3n) is 5.25. The van der Waals surface area contributed by atoms with E-state index in [4.69, 9.17) is 21.1 Å². The first kappa shape index (κ1) is 26.0. The first-order chi connectivity index (χ1) is 17.4. The van der Waals surface area contributed by atoms with Gasteiger partial charge in [-0.05, 0) is 60.7 Å². The molecule has 1 heterocycles. The van der Waals surface area contributed by atoms with Gasteiger partial charge >= 0.3 is 0 Å². The maximum atomic E-state index is 12.9. The van der Waals surface area contributed by atoms with Gasteiger partial charge in [0.05, 0.1) is 18.1 Å².